The maximum atomic E-state index is 13.2. The van der Waals surface area contributed by atoms with Crippen molar-refractivity contribution in [1.29, 1.82) is 0 Å². The first kappa shape index (κ1) is 20.6. The van der Waals surface area contributed by atoms with Crippen LogP contribution in [0.4, 0.5) is 10.1 Å². The van der Waals surface area contributed by atoms with Crippen molar-refractivity contribution in [2.75, 3.05) is 5.73 Å². The predicted octanol–water partition coefficient (Wildman–Crippen LogP) is 2.85. The van der Waals surface area contributed by atoms with E-state index in [1.165, 1.54) is 16.7 Å². The third-order valence-corrected chi connectivity index (χ3v) is 5.25. The maximum absolute atomic E-state index is 13.2. The summed E-state index contributed by atoms with van der Waals surface area (Å²) in [7, 11) is 0. The molecule has 4 aromatic rings. The molecule has 0 fully saturated rings. The van der Waals surface area contributed by atoms with Crippen LogP contribution < -0.4 is 17.0 Å². The fraction of sp³-hybridized carbons (Fsp3) is 0.261. The Morgan fingerprint density at radius 3 is 2.32 bits per heavy atom. The molecule has 0 bridgehead atoms. The van der Waals surface area contributed by atoms with Gasteiger partial charge in [-0.2, -0.15) is 0 Å². The summed E-state index contributed by atoms with van der Waals surface area (Å²) in [4.78, 5) is 33.7. The SMILES string of the molecule is CCCn1c(=O)c2[nH]c(Cc3ccc(F)cc3)nc2n(CCc2ccc(N)cc2)c1=O. The van der Waals surface area contributed by atoms with E-state index < -0.39 is 0 Å². The molecule has 2 aromatic carbocycles. The van der Waals surface area contributed by atoms with Crippen LogP contribution in [-0.2, 0) is 25.9 Å². The Balaban J connectivity index is 1.75. The molecule has 0 saturated carbocycles. The molecule has 0 saturated heterocycles. The molecule has 7 nitrogen and oxygen atoms in total. The number of aromatic nitrogens is 4. The molecule has 0 aliphatic heterocycles. The number of rotatable bonds is 7. The van der Waals surface area contributed by atoms with Gasteiger partial charge in [-0.1, -0.05) is 31.2 Å². The first-order valence-corrected chi connectivity index (χ1v) is 10.3. The normalized spacial score (nSPS) is 11.3. The third-order valence-electron chi connectivity index (χ3n) is 5.25. The van der Waals surface area contributed by atoms with Crippen LogP contribution in [0.1, 0.15) is 30.3 Å². The van der Waals surface area contributed by atoms with Gasteiger partial charge in [0.15, 0.2) is 5.65 Å². The molecule has 31 heavy (non-hydrogen) atoms. The van der Waals surface area contributed by atoms with Crippen LogP contribution >= 0.6 is 0 Å². The van der Waals surface area contributed by atoms with Gasteiger partial charge in [0.05, 0.1) is 0 Å². The van der Waals surface area contributed by atoms with Crippen molar-refractivity contribution >= 4 is 16.9 Å². The van der Waals surface area contributed by atoms with Gasteiger partial charge in [0.2, 0.25) is 0 Å². The Morgan fingerprint density at radius 2 is 1.65 bits per heavy atom. The molecular weight excluding hydrogens is 397 g/mol. The first-order chi connectivity index (χ1) is 15.0. The van der Waals surface area contributed by atoms with Crippen LogP contribution in [0.25, 0.3) is 11.2 Å². The number of nitrogen functional groups attached to an aromatic ring is 1. The lowest BCUT2D eigenvalue weighted by Crippen LogP contribution is -2.40. The molecule has 4 rings (SSSR count). The van der Waals surface area contributed by atoms with Crippen molar-refractivity contribution in [3.05, 3.63) is 92.1 Å². The molecule has 2 aromatic heterocycles. The van der Waals surface area contributed by atoms with Gasteiger partial charge in [-0.05, 0) is 48.2 Å². The van der Waals surface area contributed by atoms with Crippen LogP contribution in [0.3, 0.4) is 0 Å². The smallest absolute Gasteiger partial charge is 0.332 e. The molecule has 0 aliphatic carbocycles. The molecule has 0 atom stereocenters. The molecule has 0 aliphatic rings. The number of imidazole rings is 1. The molecule has 3 N–H and O–H groups in total. The van der Waals surface area contributed by atoms with Gasteiger partial charge in [-0.25, -0.2) is 14.2 Å². The summed E-state index contributed by atoms with van der Waals surface area (Å²) in [5.74, 6) is 0.237. The van der Waals surface area contributed by atoms with E-state index in [2.05, 4.69) is 9.97 Å². The van der Waals surface area contributed by atoms with E-state index in [1.54, 1.807) is 16.7 Å². The summed E-state index contributed by atoms with van der Waals surface area (Å²) in [6.45, 7) is 2.63. The number of hydrogen-bond acceptors (Lipinski definition) is 4. The van der Waals surface area contributed by atoms with Crippen molar-refractivity contribution in [2.24, 2.45) is 0 Å². The van der Waals surface area contributed by atoms with Crippen molar-refractivity contribution < 1.29 is 4.39 Å². The minimum Gasteiger partial charge on any atom is -0.399 e. The molecule has 0 spiro atoms. The van der Waals surface area contributed by atoms with Gasteiger partial charge in [-0.15, -0.1) is 0 Å². The summed E-state index contributed by atoms with van der Waals surface area (Å²) in [5.41, 5.74) is 8.22. The van der Waals surface area contributed by atoms with E-state index in [9.17, 15) is 14.0 Å². The highest BCUT2D eigenvalue weighted by atomic mass is 19.1. The minimum absolute atomic E-state index is 0.308. The van der Waals surface area contributed by atoms with Crippen LogP contribution in [0.15, 0.2) is 58.1 Å². The van der Waals surface area contributed by atoms with Gasteiger partial charge in [0.25, 0.3) is 5.56 Å². The summed E-state index contributed by atoms with van der Waals surface area (Å²) >= 11 is 0. The number of nitrogens with zero attached hydrogens (tertiary/aromatic N) is 3. The number of aromatic amines is 1. The zero-order valence-electron chi connectivity index (χ0n) is 17.3. The standard InChI is InChI=1S/C23H24FN5O2/c1-2-12-29-22(30)20-21(27-19(26-20)14-16-3-7-17(24)8-4-16)28(23(29)31)13-11-15-5-9-18(25)10-6-15/h3-10H,2,11-14,25H2,1H3,(H,26,27). The number of nitrogens with one attached hydrogen (secondary N) is 1. The van der Waals surface area contributed by atoms with Crippen molar-refractivity contribution in [3.8, 4) is 0 Å². The summed E-state index contributed by atoms with van der Waals surface area (Å²) < 4.78 is 16.0. The summed E-state index contributed by atoms with van der Waals surface area (Å²) in [6.07, 6.45) is 1.66. The molecule has 160 valence electrons. The van der Waals surface area contributed by atoms with Crippen molar-refractivity contribution in [2.45, 2.75) is 39.3 Å². The number of hydrogen-bond donors (Lipinski definition) is 2. The lowest BCUT2D eigenvalue weighted by atomic mass is 10.1. The van der Waals surface area contributed by atoms with Crippen LogP contribution in [0.5, 0.6) is 0 Å². The van der Waals surface area contributed by atoms with Crippen molar-refractivity contribution in [1.82, 2.24) is 19.1 Å². The zero-order valence-corrected chi connectivity index (χ0v) is 17.3. The van der Waals surface area contributed by atoms with E-state index in [0.717, 1.165) is 11.1 Å². The second kappa shape index (κ2) is 8.59. The highest BCUT2D eigenvalue weighted by Crippen LogP contribution is 2.13. The summed E-state index contributed by atoms with van der Waals surface area (Å²) in [6, 6.07) is 13.6. The fourth-order valence-electron chi connectivity index (χ4n) is 3.64. The zero-order chi connectivity index (χ0) is 22.0. The quantitative estimate of drug-likeness (QED) is 0.448. The highest BCUT2D eigenvalue weighted by molar-refractivity contribution is 5.70. The Bertz CT molecular complexity index is 1320. The molecule has 0 radical (unpaired) electrons. The number of fused-ring (bicyclic) bond motifs is 1. The molecular formula is C23H24FN5O2. The number of halogens is 1. The van der Waals surface area contributed by atoms with Crippen LogP contribution in [-0.4, -0.2) is 19.1 Å². The van der Waals surface area contributed by atoms with Gasteiger partial charge < -0.3 is 10.7 Å². The monoisotopic (exact) mass is 421 g/mol. The van der Waals surface area contributed by atoms with E-state index >= 15 is 0 Å². The fourth-order valence-corrected chi connectivity index (χ4v) is 3.64. The predicted molar refractivity (Wildman–Crippen MR) is 119 cm³/mol. The topological polar surface area (TPSA) is 98.7 Å². The summed E-state index contributed by atoms with van der Waals surface area (Å²) in [5, 5.41) is 0. The largest absolute Gasteiger partial charge is 0.399 e. The van der Waals surface area contributed by atoms with Gasteiger partial charge in [0, 0.05) is 25.2 Å². The lowest BCUT2D eigenvalue weighted by molar-refractivity contribution is 0.559. The van der Waals surface area contributed by atoms with Gasteiger partial charge >= 0.3 is 5.69 Å². The third kappa shape index (κ3) is 4.28. The molecule has 8 heteroatoms. The number of H-pyrrole nitrogens is 1. The number of benzene rings is 2. The van der Waals surface area contributed by atoms with Gasteiger partial charge in [0.1, 0.15) is 17.2 Å². The average Bonchev–Trinajstić information content (AvgIpc) is 3.18. The number of aryl methyl sites for hydroxylation is 2. The molecule has 0 unspecified atom stereocenters. The highest BCUT2D eigenvalue weighted by Gasteiger charge is 2.17. The second-order valence-electron chi connectivity index (χ2n) is 7.57. The van der Waals surface area contributed by atoms with Crippen LogP contribution in [0.2, 0.25) is 0 Å². The average molecular weight is 421 g/mol. The Morgan fingerprint density at radius 1 is 0.968 bits per heavy atom. The number of nitrogens with two attached hydrogens (primary N) is 1. The van der Waals surface area contributed by atoms with E-state index in [0.29, 0.717) is 55.0 Å². The lowest BCUT2D eigenvalue weighted by Gasteiger charge is -2.11. The van der Waals surface area contributed by atoms with E-state index in [4.69, 9.17) is 5.73 Å². The van der Waals surface area contributed by atoms with Crippen LogP contribution in [0, 0.1) is 5.82 Å². The first-order valence-electron chi connectivity index (χ1n) is 10.3. The Kier molecular flexibility index (Phi) is 5.70. The second-order valence-corrected chi connectivity index (χ2v) is 7.57. The maximum Gasteiger partial charge on any atom is 0.332 e. The van der Waals surface area contributed by atoms with E-state index in [-0.39, 0.29) is 17.1 Å². The Labute approximate surface area is 178 Å². The minimum atomic E-state index is -0.372. The Hall–Kier alpha value is -3.68. The van der Waals surface area contributed by atoms with Crippen molar-refractivity contribution in [3.63, 3.8) is 0 Å². The van der Waals surface area contributed by atoms with E-state index in [1.807, 2.05) is 31.2 Å². The van der Waals surface area contributed by atoms with Gasteiger partial charge in [-0.3, -0.25) is 13.9 Å². The molecule has 0 amide bonds. The number of anilines is 1. The molecule has 2 heterocycles.